The van der Waals surface area contributed by atoms with E-state index in [9.17, 15) is 0 Å². The zero-order chi connectivity index (χ0) is 38.0. The Morgan fingerprint density at radius 2 is 0.885 bits per heavy atom. The Hall–Kier alpha value is -1.53. The first-order chi connectivity index (χ1) is 24.2. The van der Waals surface area contributed by atoms with Gasteiger partial charge in [-0.3, -0.25) is 0 Å². The summed E-state index contributed by atoms with van der Waals surface area (Å²) in [6.07, 6.45) is 7.16. The molecule has 0 radical (unpaired) electrons. The average Bonchev–Trinajstić information content (AvgIpc) is 3.62. The van der Waals surface area contributed by atoms with Gasteiger partial charge in [0.1, 0.15) is 0 Å². The Morgan fingerprint density at radius 3 is 1.21 bits per heavy atom. The number of rotatable bonds is 11. The molecule has 2 aliphatic rings. The van der Waals surface area contributed by atoms with Crippen LogP contribution in [0, 0.1) is 11.8 Å². The van der Waals surface area contributed by atoms with Gasteiger partial charge in [-0.15, -0.1) is 0 Å². The monoisotopic (exact) mass is 857 g/mol. The van der Waals surface area contributed by atoms with E-state index < -0.39 is 37.6 Å². The predicted octanol–water partition coefficient (Wildman–Crippen LogP) is 13.8. The topological polar surface area (TPSA) is 0 Å². The Kier molecular flexibility index (Phi) is 11.2. The van der Waals surface area contributed by atoms with Gasteiger partial charge in [0.05, 0.1) is 0 Å². The zero-order valence-electron chi connectivity index (χ0n) is 33.8. The molecule has 4 aromatic rings. The third-order valence-corrected chi connectivity index (χ3v) is 67.8. The van der Waals surface area contributed by atoms with Gasteiger partial charge in [-0.25, -0.2) is 0 Å². The first-order valence-corrected chi connectivity index (χ1v) is 43.0. The van der Waals surface area contributed by atoms with Crippen molar-refractivity contribution in [2.45, 2.75) is 100 Å². The van der Waals surface area contributed by atoms with Gasteiger partial charge >= 0.3 is 330 Å². The standard InChI is InChI=1S/2C22H27Si.C2H7Si.2ClH.Zr/c2*1-16(2)13-17-14-18-9-8-11-19(21(18)15-17)20-10-6-7-12-22(20)23(3,4)5;1-3-2;;;/h2*6-12,14-16H,13H2,1-5H3;3H,1-2H3;2*1H;/q;;;;;+2/p-2. The maximum atomic E-state index is 8.93. The van der Waals surface area contributed by atoms with E-state index in [1.165, 1.54) is 66.0 Å². The molecule has 275 valence electrons. The summed E-state index contributed by atoms with van der Waals surface area (Å²) in [6.45, 7) is 29.2. The summed E-state index contributed by atoms with van der Waals surface area (Å²) in [7, 11) is 14.6. The number of halogens is 2. The van der Waals surface area contributed by atoms with E-state index >= 15 is 0 Å². The molecule has 2 unspecified atom stereocenters. The summed E-state index contributed by atoms with van der Waals surface area (Å²) in [4.78, 5) is 0. The van der Waals surface area contributed by atoms with Crippen molar-refractivity contribution in [1.29, 1.82) is 0 Å². The van der Waals surface area contributed by atoms with Crippen molar-refractivity contribution < 1.29 is 15.6 Å². The molecule has 0 N–H and O–H groups in total. The Labute approximate surface area is 327 Å². The fourth-order valence-corrected chi connectivity index (χ4v) is 44.2. The minimum absolute atomic E-state index is 0.0947. The molecule has 0 fully saturated rings. The van der Waals surface area contributed by atoms with Gasteiger partial charge in [-0.05, 0) is 0 Å². The van der Waals surface area contributed by atoms with Gasteiger partial charge in [0.15, 0.2) is 0 Å². The SMILES string of the molecule is CC(C)CC1=Cc2c(-c3ccccc3[Si](C)(C)C)cccc2[CH]1[Zr]([Cl])([Cl])([CH]1C(CC(C)C)=Cc2c(-c3ccccc3[Si](C)(C)C)cccc21)[SiH](C)C. The van der Waals surface area contributed by atoms with Gasteiger partial charge in [-0.2, -0.15) is 0 Å². The van der Waals surface area contributed by atoms with E-state index in [2.05, 4.69) is 177 Å². The Bertz CT molecular complexity index is 1920. The van der Waals surface area contributed by atoms with Crippen LogP contribution in [0.1, 0.15) is 70.0 Å². The Morgan fingerprint density at radius 1 is 0.538 bits per heavy atom. The van der Waals surface area contributed by atoms with Gasteiger partial charge in [0.25, 0.3) is 0 Å². The van der Waals surface area contributed by atoms with Gasteiger partial charge in [0, 0.05) is 0 Å². The second-order valence-electron chi connectivity index (χ2n) is 19.1. The van der Waals surface area contributed by atoms with E-state index in [1.54, 1.807) is 0 Å². The summed E-state index contributed by atoms with van der Waals surface area (Å²) in [6, 6.07) is 32.5. The van der Waals surface area contributed by atoms with E-state index in [4.69, 9.17) is 17.0 Å². The first-order valence-electron chi connectivity index (χ1n) is 19.7. The van der Waals surface area contributed by atoms with E-state index in [0.29, 0.717) is 11.8 Å². The molecule has 0 heterocycles. The van der Waals surface area contributed by atoms with E-state index in [-0.39, 0.29) is 7.25 Å². The van der Waals surface area contributed by atoms with Crippen molar-refractivity contribution in [3.8, 4) is 22.3 Å². The molecule has 0 nitrogen and oxygen atoms in total. The molecule has 6 heteroatoms. The molecule has 0 bridgehead atoms. The van der Waals surface area contributed by atoms with Crippen LogP contribution < -0.4 is 10.4 Å². The number of hydrogen-bond acceptors (Lipinski definition) is 0. The number of benzene rings is 4. The van der Waals surface area contributed by atoms with Crippen molar-refractivity contribution in [2.75, 3.05) is 0 Å². The fraction of sp³-hybridized carbons (Fsp3) is 0.391. The Balaban J connectivity index is 1.64. The van der Waals surface area contributed by atoms with Crippen molar-refractivity contribution in [1.82, 2.24) is 0 Å². The molecule has 2 aliphatic carbocycles. The van der Waals surface area contributed by atoms with Gasteiger partial charge < -0.3 is 0 Å². The number of allylic oxidation sites excluding steroid dienone is 2. The van der Waals surface area contributed by atoms with Crippen LogP contribution in [0.2, 0.25) is 52.4 Å². The van der Waals surface area contributed by atoms with Crippen molar-refractivity contribution in [3.63, 3.8) is 0 Å². The van der Waals surface area contributed by atoms with Crippen LogP contribution >= 0.6 is 17.0 Å². The molecule has 0 aromatic heterocycles. The average molecular weight is 860 g/mol. The number of hydrogen-bond donors (Lipinski definition) is 0. The van der Waals surface area contributed by atoms with Crippen LogP contribution in [-0.2, 0) is 15.6 Å². The molecular weight excluding hydrogens is 799 g/mol. The van der Waals surface area contributed by atoms with Crippen molar-refractivity contribution in [2.24, 2.45) is 11.8 Å². The molecular formula is C46H61Cl2Si3Zr. The molecule has 0 aliphatic heterocycles. The van der Waals surface area contributed by atoms with Gasteiger partial charge in [-0.1, -0.05) is 0 Å². The zero-order valence-corrected chi connectivity index (χ0v) is 40.9. The van der Waals surface area contributed by atoms with Crippen LogP contribution in [0.5, 0.6) is 0 Å². The molecule has 0 saturated heterocycles. The third-order valence-electron chi connectivity index (χ3n) is 11.8. The van der Waals surface area contributed by atoms with Crippen LogP contribution in [-0.4, -0.2) is 22.1 Å². The van der Waals surface area contributed by atoms with Crippen LogP contribution in [0.3, 0.4) is 0 Å². The van der Waals surface area contributed by atoms with Crippen LogP contribution in [0.4, 0.5) is 0 Å². The second-order valence-corrected chi connectivity index (χ2v) is 71.7. The molecule has 52 heavy (non-hydrogen) atoms. The van der Waals surface area contributed by atoms with Crippen molar-refractivity contribution in [3.05, 3.63) is 118 Å². The van der Waals surface area contributed by atoms with Crippen LogP contribution in [0.25, 0.3) is 34.4 Å². The number of fused-ring (bicyclic) bond motifs is 2. The first kappa shape index (κ1) is 40.1. The maximum absolute atomic E-state index is 8.93. The molecule has 0 saturated carbocycles. The molecule has 6 rings (SSSR count). The summed E-state index contributed by atoms with van der Waals surface area (Å²) < 4.78 is 0.189. The minimum atomic E-state index is -4.96. The fourth-order valence-electron chi connectivity index (χ4n) is 9.57. The van der Waals surface area contributed by atoms with Crippen molar-refractivity contribution >= 4 is 61.6 Å². The third kappa shape index (κ3) is 7.05. The van der Waals surface area contributed by atoms with E-state index in [0.717, 1.165) is 12.8 Å². The summed E-state index contributed by atoms with van der Waals surface area (Å²) in [5, 5.41) is 3.03. The van der Waals surface area contributed by atoms with Gasteiger partial charge in [0.2, 0.25) is 0 Å². The molecule has 2 atom stereocenters. The van der Waals surface area contributed by atoms with E-state index in [1.807, 2.05) is 0 Å². The van der Waals surface area contributed by atoms with Crippen LogP contribution in [0.15, 0.2) is 96.1 Å². The quantitative estimate of drug-likeness (QED) is 0.132. The normalized spacial score (nSPS) is 18.4. The molecule has 0 spiro atoms. The second kappa shape index (κ2) is 14.5. The predicted molar refractivity (Wildman–Crippen MR) is 241 cm³/mol. The summed E-state index contributed by atoms with van der Waals surface area (Å²) in [5.74, 6) is -0.673. The molecule has 4 aromatic carbocycles. The summed E-state index contributed by atoms with van der Waals surface area (Å²) in [5.41, 5.74) is 14.0. The molecule has 0 amide bonds. The summed E-state index contributed by atoms with van der Waals surface area (Å²) >= 11 is -4.96.